The second kappa shape index (κ2) is 13.5. The van der Waals surface area contributed by atoms with Crippen LogP contribution >= 0.6 is 0 Å². The van der Waals surface area contributed by atoms with Crippen molar-refractivity contribution in [2.75, 3.05) is 26.4 Å². The molecule has 3 unspecified atom stereocenters. The van der Waals surface area contributed by atoms with E-state index in [-0.39, 0.29) is 0 Å². The maximum Gasteiger partial charge on any atom is 0.330 e. The Kier molecular flexibility index (Phi) is 10.6. The first-order valence-electron chi connectivity index (χ1n) is 13.1. The van der Waals surface area contributed by atoms with Crippen LogP contribution in [0.15, 0.2) is 4.99 Å². The van der Waals surface area contributed by atoms with Crippen LogP contribution in [-0.2, 0) is 33.2 Å². The highest BCUT2D eigenvalue weighted by atomic mass is 16.8. The van der Waals surface area contributed by atoms with Gasteiger partial charge >= 0.3 is 5.97 Å². The fraction of sp³-hybridized carbons (Fsp3) is 0.913. The Morgan fingerprint density at radius 2 is 1.41 bits per heavy atom. The summed E-state index contributed by atoms with van der Waals surface area (Å²) in [6, 6.07) is -0.696. The topological polar surface area (TPSA) is 287 Å². The molecule has 4 aliphatic heterocycles. The Labute approximate surface area is 232 Å². The van der Waals surface area contributed by atoms with Gasteiger partial charge in [0.1, 0.15) is 86.4 Å². The van der Waals surface area contributed by atoms with Crippen molar-refractivity contribution in [3.63, 3.8) is 0 Å². The molecule has 4 heterocycles. The van der Waals surface area contributed by atoms with Crippen molar-refractivity contribution in [1.29, 1.82) is 0 Å². The molecule has 0 amide bonds. The second-order valence-corrected chi connectivity index (χ2v) is 10.3. The lowest BCUT2D eigenvalue weighted by molar-refractivity contribution is -0.388. The van der Waals surface area contributed by atoms with Crippen LogP contribution in [0, 0.1) is 0 Å². The van der Waals surface area contributed by atoms with Gasteiger partial charge in [-0.1, -0.05) is 0 Å². The number of ether oxygens (including phenoxy) is 6. The first-order valence-corrected chi connectivity index (χ1v) is 13.1. The Bertz CT molecular complexity index is 911. The van der Waals surface area contributed by atoms with Gasteiger partial charge in [0, 0.05) is 0 Å². The summed E-state index contributed by atoms with van der Waals surface area (Å²) < 4.78 is 32.2. The van der Waals surface area contributed by atoms with E-state index in [0.29, 0.717) is 12.8 Å². The summed E-state index contributed by atoms with van der Waals surface area (Å²) in [7, 11) is 0. The van der Waals surface area contributed by atoms with Gasteiger partial charge in [-0.2, -0.15) is 0 Å². The van der Waals surface area contributed by atoms with Gasteiger partial charge in [-0.25, -0.2) is 4.79 Å². The molecule has 0 aromatic rings. The number of rotatable bonds is 10. The number of hydrogen-bond acceptors (Lipinski definition) is 18. The minimum atomic E-state index is -2.39. The molecular weight excluding hydrogens is 562 g/mol. The van der Waals surface area contributed by atoms with Crippen molar-refractivity contribution in [2.24, 2.45) is 4.99 Å². The molecule has 3 saturated heterocycles. The minimum Gasteiger partial charge on any atom is -0.461 e. The molecule has 10 N–H and O–H groups in total. The lowest BCUT2D eigenvalue weighted by Crippen LogP contribution is -2.63. The van der Waals surface area contributed by atoms with E-state index in [1.807, 2.05) is 0 Å². The SMILES string of the molecule is O=C(OC[C@H]1OC(OC[C@H]2OC(O[C@]3(CO)O[C@H](CO)[C@@H](O)[C@@H]3O)[C@H](O)[C@@H](O)[C@@H]2O)[C@H](O)[C@@H](O)[C@H]1O)C1CCC=N1. The second-order valence-electron chi connectivity index (χ2n) is 10.3. The van der Waals surface area contributed by atoms with Gasteiger partial charge in [-0.3, -0.25) is 4.99 Å². The maximum absolute atomic E-state index is 12.1. The molecule has 0 bridgehead atoms. The average molecular weight is 600 g/mol. The van der Waals surface area contributed by atoms with Gasteiger partial charge in [0.25, 0.3) is 0 Å². The molecule has 15 atom stereocenters. The average Bonchev–Trinajstić information content (AvgIpc) is 3.59. The highest BCUT2D eigenvalue weighted by molar-refractivity contribution is 5.80. The van der Waals surface area contributed by atoms with E-state index in [1.165, 1.54) is 0 Å². The third-order valence-corrected chi connectivity index (χ3v) is 7.50. The van der Waals surface area contributed by atoms with Crippen LogP contribution in [0.1, 0.15) is 12.8 Å². The van der Waals surface area contributed by atoms with Crippen molar-refractivity contribution < 1.29 is 84.3 Å². The monoisotopic (exact) mass is 599 g/mol. The Morgan fingerprint density at radius 1 is 0.805 bits per heavy atom. The van der Waals surface area contributed by atoms with E-state index in [4.69, 9.17) is 28.4 Å². The van der Waals surface area contributed by atoms with Crippen molar-refractivity contribution >= 4 is 12.2 Å². The first kappa shape index (κ1) is 32.5. The number of aliphatic hydroxyl groups excluding tert-OH is 10. The van der Waals surface area contributed by atoms with E-state index >= 15 is 0 Å². The lowest BCUT2D eigenvalue weighted by atomic mass is 9.98. The van der Waals surface area contributed by atoms with Crippen molar-refractivity contribution in [3.05, 3.63) is 0 Å². The zero-order valence-corrected chi connectivity index (χ0v) is 21.7. The number of hydrogen-bond donors (Lipinski definition) is 10. The van der Waals surface area contributed by atoms with E-state index in [9.17, 15) is 55.9 Å². The molecule has 0 spiro atoms. The predicted octanol–water partition coefficient (Wildman–Crippen LogP) is -6.79. The van der Waals surface area contributed by atoms with Crippen LogP contribution in [-0.4, -0.2) is 181 Å². The molecule has 18 heteroatoms. The Morgan fingerprint density at radius 3 is 1.98 bits per heavy atom. The van der Waals surface area contributed by atoms with Crippen molar-refractivity contribution in [2.45, 2.75) is 104 Å². The van der Waals surface area contributed by atoms with Gasteiger partial charge in [-0.05, 0) is 19.1 Å². The molecule has 0 aromatic carbocycles. The highest BCUT2D eigenvalue weighted by Crippen LogP contribution is 2.36. The van der Waals surface area contributed by atoms with Crippen LogP contribution in [0.2, 0.25) is 0 Å². The van der Waals surface area contributed by atoms with E-state index in [0.717, 1.165) is 0 Å². The number of aliphatic hydroxyl groups is 10. The van der Waals surface area contributed by atoms with Crippen LogP contribution in [0.4, 0.5) is 0 Å². The third-order valence-electron chi connectivity index (χ3n) is 7.50. The number of aliphatic imine (C=N–C) groups is 1. The molecule has 0 aliphatic carbocycles. The molecule has 0 saturated carbocycles. The number of esters is 1. The van der Waals surface area contributed by atoms with E-state index in [2.05, 4.69) is 4.99 Å². The number of nitrogens with zero attached hydrogens (tertiary/aromatic N) is 1. The molecule has 236 valence electrons. The molecule has 3 fully saturated rings. The normalized spacial score (nSPS) is 48.4. The van der Waals surface area contributed by atoms with Gasteiger partial charge in [0.15, 0.2) is 12.6 Å². The quantitative estimate of drug-likeness (QED) is 0.104. The summed E-state index contributed by atoms with van der Waals surface area (Å²) in [5.74, 6) is -3.05. The minimum absolute atomic E-state index is 0.460. The predicted molar refractivity (Wildman–Crippen MR) is 127 cm³/mol. The van der Waals surface area contributed by atoms with Gasteiger partial charge in [-0.15, -0.1) is 0 Å². The van der Waals surface area contributed by atoms with Crippen LogP contribution in [0.25, 0.3) is 0 Å². The molecular formula is C23H37NO17. The highest BCUT2D eigenvalue weighted by Gasteiger charge is 2.58. The largest absolute Gasteiger partial charge is 0.461 e. The summed E-state index contributed by atoms with van der Waals surface area (Å²) in [5.41, 5.74) is 0. The third kappa shape index (κ3) is 6.56. The van der Waals surface area contributed by atoms with Crippen LogP contribution in [0.3, 0.4) is 0 Å². The summed E-state index contributed by atoms with van der Waals surface area (Å²) >= 11 is 0. The number of carbonyl (C=O) groups is 1. The Hall–Kier alpha value is -1.46. The van der Waals surface area contributed by atoms with Gasteiger partial charge < -0.3 is 79.5 Å². The van der Waals surface area contributed by atoms with Crippen molar-refractivity contribution in [1.82, 2.24) is 0 Å². The van der Waals surface area contributed by atoms with E-state index < -0.39 is 124 Å². The maximum atomic E-state index is 12.1. The smallest absolute Gasteiger partial charge is 0.330 e. The summed E-state index contributed by atoms with van der Waals surface area (Å²) in [6.07, 6.45) is -19.6. The number of carbonyl (C=O) groups excluding carboxylic acids is 1. The summed E-state index contributed by atoms with van der Waals surface area (Å²) in [6.45, 7) is -3.01. The Balaban J connectivity index is 1.38. The molecule has 41 heavy (non-hydrogen) atoms. The molecule has 0 aromatic heterocycles. The molecule has 0 radical (unpaired) electrons. The van der Waals surface area contributed by atoms with Crippen molar-refractivity contribution in [3.8, 4) is 0 Å². The lowest BCUT2D eigenvalue weighted by Gasteiger charge is -2.44. The van der Waals surface area contributed by atoms with E-state index in [1.54, 1.807) is 6.21 Å². The summed E-state index contributed by atoms with van der Waals surface area (Å²) in [5, 5.41) is 102. The fourth-order valence-electron chi connectivity index (χ4n) is 4.95. The van der Waals surface area contributed by atoms with Crippen LogP contribution in [0.5, 0.6) is 0 Å². The van der Waals surface area contributed by atoms with Crippen LogP contribution < -0.4 is 0 Å². The molecule has 4 aliphatic rings. The molecule has 18 nitrogen and oxygen atoms in total. The molecule has 4 rings (SSSR count). The zero-order valence-electron chi connectivity index (χ0n) is 21.7. The fourth-order valence-corrected chi connectivity index (χ4v) is 4.95. The van der Waals surface area contributed by atoms with Gasteiger partial charge in [0.05, 0.1) is 13.2 Å². The first-order chi connectivity index (χ1) is 19.4. The summed E-state index contributed by atoms with van der Waals surface area (Å²) in [4.78, 5) is 16.1. The van der Waals surface area contributed by atoms with Gasteiger partial charge in [0.2, 0.25) is 5.79 Å². The standard InChI is InChI=1S/C23H37NO17/c25-4-9-14(29)19(34)23(7-26,40-9)41-22-18(33)16(31)13(28)11(39-22)6-37-21-17(32)15(30)12(27)10(38-21)5-36-20(35)8-2-1-3-24-8/h3,8-19,21-22,25-34H,1-2,4-7H2/t8?,9-,10-,11-,12+,13-,14-,15+,16+,17-,18-,19+,21?,22?,23+/m1/s1. The zero-order chi connectivity index (χ0) is 30.1.